The highest BCUT2D eigenvalue weighted by atomic mass is 16.6. The molecular formula is C21H28N2O3. The predicted molar refractivity (Wildman–Crippen MR) is 102 cm³/mol. The van der Waals surface area contributed by atoms with Gasteiger partial charge in [-0.3, -0.25) is 4.79 Å². The predicted octanol–water partition coefficient (Wildman–Crippen LogP) is 4.78. The van der Waals surface area contributed by atoms with Crippen LogP contribution in [0.1, 0.15) is 47.5 Å². The Labute approximate surface area is 155 Å². The number of para-hydroxylation sites is 2. The van der Waals surface area contributed by atoms with Crippen LogP contribution >= 0.6 is 0 Å². The fraction of sp³-hybridized carbons (Fsp3) is 0.524. The second kappa shape index (κ2) is 7.14. The van der Waals surface area contributed by atoms with E-state index in [1.807, 2.05) is 43.0 Å². The first-order valence-electron chi connectivity index (χ1n) is 9.26. The van der Waals surface area contributed by atoms with Crippen molar-refractivity contribution in [2.24, 2.45) is 11.3 Å². The number of carbonyl (C=O) groups is 1. The minimum absolute atomic E-state index is 0.0709. The fourth-order valence-corrected chi connectivity index (χ4v) is 3.93. The van der Waals surface area contributed by atoms with Crippen molar-refractivity contribution < 1.29 is 13.9 Å². The summed E-state index contributed by atoms with van der Waals surface area (Å²) in [5.74, 6) is 0.388. The van der Waals surface area contributed by atoms with Gasteiger partial charge in [-0.1, -0.05) is 39.0 Å². The van der Waals surface area contributed by atoms with Crippen LogP contribution in [0.5, 0.6) is 6.08 Å². The van der Waals surface area contributed by atoms with Crippen LogP contribution in [0.3, 0.4) is 0 Å². The molecule has 1 aliphatic rings. The Morgan fingerprint density at radius 2 is 2.12 bits per heavy atom. The van der Waals surface area contributed by atoms with Crippen LogP contribution in [-0.4, -0.2) is 28.4 Å². The Bertz CT molecular complexity index is 787. The van der Waals surface area contributed by atoms with E-state index in [0.717, 1.165) is 24.1 Å². The van der Waals surface area contributed by atoms with Gasteiger partial charge in [0.25, 0.3) is 5.91 Å². The zero-order chi connectivity index (χ0) is 18.9. The summed E-state index contributed by atoms with van der Waals surface area (Å²) < 4.78 is 11.1. The van der Waals surface area contributed by atoms with Crippen LogP contribution in [0.2, 0.25) is 0 Å². The minimum atomic E-state index is -0.0862. The van der Waals surface area contributed by atoms with Crippen LogP contribution in [0.4, 0.5) is 0 Å². The Morgan fingerprint density at radius 1 is 1.38 bits per heavy atom. The quantitative estimate of drug-likeness (QED) is 0.773. The largest absolute Gasteiger partial charge is 0.440 e. The third-order valence-electron chi connectivity index (χ3n) is 4.70. The molecule has 2 aromatic rings. The molecule has 1 heterocycles. The number of hydrogen-bond acceptors (Lipinski definition) is 4. The summed E-state index contributed by atoms with van der Waals surface area (Å²) in [4.78, 5) is 19.0. The van der Waals surface area contributed by atoms with Gasteiger partial charge in [-0.15, -0.1) is 0 Å². The van der Waals surface area contributed by atoms with Crippen molar-refractivity contribution in [2.75, 3.05) is 6.61 Å². The van der Waals surface area contributed by atoms with Crippen molar-refractivity contribution in [3.63, 3.8) is 0 Å². The SMILES string of the molecule is CC1C=C(N(C(=O)COc2nc3ccccc3o2)C(C)C)CC(C)(C)C1. The van der Waals surface area contributed by atoms with E-state index in [-0.39, 0.29) is 30.0 Å². The Balaban J connectivity index is 1.73. The van der Waals surface area contributed by atoms with E-state index in [0.29, 0.717) is 11.5 Å². The molecule has 0 saturated heterocycles. The fourth-order valence-electron chi connectivity index (χ4n) is 3.93. The topological polar surface area (TPSA) is 55.6 Å². The molecule has 0 radical (unpaired) electrons. The lowest BCUT2D eigenvalue weighted by Crippen LogP contribution is -2.42. The van der Waals surface area contributed by atoms with Gasteiger partial charge in [0.05, 0.1) is 0 Å². The number of oxazole rings is 1. The molecule has 5 nitrogen and oxygen atoms in total. The first-order chi connectivity index (χ1) is 12.2. The van der Waals surface area contributed by atoms with Crippen LogP contribution in [0.15, 0.2) is 40.5 Å². The zero-order valence-corrected chi connectivity index (χ0v) is 16.3. The summed E-state index contributed by atoms with van der Waals surface area (Å²) in [7, 11) is 0. The average Bonchev–Trinajstić information content (AvgIpc) is 2.93. The second-order valence-corrected chi connectivity index (χ2v) is 8.27. The van der Waals surface area contributed by atoms with Gasteiger partial charge in [0.1, 0.15) is 5.52 Å². The molecule has 0 N–H and O–H groups in total. The van der Waals surface area contributed by atoms with Crippen LogP contribution in [0.25, 0.3) is 11.1 Å². The molecule has 0 aliphatic heterocycles. The van der Waals surface area contributed by atoms with Crippen LogP contribution < -0.4 is 4.74 Å². The Hall–Kier alpha value is -2.30. The summed E-state index contributed by atoms with van der Waals surface area (Å²) in [5.41, 5.74) is 2.66. The summed E-state index contributed by atoms with van der Waals surface area (Å²) in [6.45, 7) is 10.7. The standard InChI is InChI=1S/C21H28N2O3/c1-14(2)23(16-10-15(3)11-21(4,5)12-16)19(24)13-25-20-22-17-8-6-7-9-18(17)26-20/h6-10,14-15H,11-13H2,1-5H3. The van der Waals surface area contributed by atoms with E-state index < -0.39 is 0 Å². The second-order valence-electron chi connectivity index (χ2n) is 8.27. The first-order valence-corrected chi connectivity index (χ1v) is 9.26. The average molecular weight is 356 g/mol. The molecule has 1 atom stereocenters. The van der Waals surface area contributed by atoms with E-state index >= 15 is 0 Å². The smallest absolute Gasteiger partial charge is 0.395 e. The van der Waals surface area contributed by atoms with Gasteiger partial charge in [0.2, 0.25) is 0 Å². The van der Waals surface area contributed by atoms with E-state index in [1.54, 1.807) is 0 Å². The molecule has 5 heteroatoms. The van der Waals surface area contributed by atoms with Crippen molar-refractivity contribution in [3.05, 3.63) is 36.0 Å². The molecule has 0 saturated carbocycles. The van der Waals surface area contributed by atoms with E-state index in [1.165, 1.54) is 0 Å². The van der Waals surface area contributed by atoms with Gasteiger partial charge < -0.3 is 14.1 Å². The Morgan fingerprint density at radius 3 is 2.77 bits per heavy atom. The zero-order valence-electron chi connectivity index (χ0n) is 16.3. The molecule has 1 amide bonds. The lowest BCUT2D eigenvalue weighted by atomic mass is 9.75. The number of aromatic nitrogens is 1. The third kappa shape index (κ3) is 4.09. The van der Waals surface area contributed by atoms with Gasteiger partial charge in [-0.05, 0) is 50.2 Å². The lowest BCUT2D eigenvalue weighted by Gasteiger charge is -2.39. The normalized spacial score (nSPS) is 19.5. The maximum Gasteiger partial charge on any atom is 0.395 e. The summed E-state index contributed by atoms with van der Waals surface area (Å²) in [6, 6.07) is 7.51. The van der Waals surface area contributed by atoms with Gasteiger partial charge in [0, 0.05) is 11.7 Å². The monoisotopic (exact) mass is 356 g/mol. The van der Waals surface area contributed by atoms with Crippen molar-refractivity contribution >= 4 is 17.0 Å². The number of nitrogens with zero attached hydrogens (tertiary/aromatic N) is 2. The van der Waals surface area contributed by atoms with Crippen molar-refractivity contribution in [1.82, 2.24) is 9.88 Å². The maximum absolute atomic E-state index is 12.9. The molecule has 1 unspecified atom stereocenters. The maximum atomic E-state index is 12.9. The first kappa shape index (κ1) is 18.5. The van der Waals surface area contributed by atoms with Gasteiger partial charge >= 0.3 is 6.08 Å². The van der Waals surface area contributed by atoms with E-state index in [4.69, 9.17) is 9.15 Å². The highest BCUT2D eigenvalue weighted by molar-refractivity contribution is 5.80. The third-order valence-corrected chi connectivity index (χ3v) is 4.70. The van der Waals surface area contributed by atoms with Gasteiger partial charge in [0.15, 0.2) is 12.2 Å². The van der Waals surface area contributed by atoms with Crippen LogP contribution in [-0.2, 0) is 4.79 Å². The van der Waals surface area contributed by atoms with Crippen molar-refractivity contribution in [3.8, 4) is 6.08 Å². The number of fused-ring (bicyclic) bond motifs is 1. The molecule has 0 spiro atoms. The molecule has 3 rings (SSSR count). The summed E-state index contributed by atoms with van der Waals surface area (Å²) in [5, 5.41) is 0. The van der Waals surface area contributed by atoms with Crippen LogP contribution in [0, 0.1) is 11.3 Å². The van der Waals surface area contributed by atoms with E-state index in [9.17, 15) is 4.79 Å². The molecule has 0 fully saturated rings. The van der Waals surface area contributed by atoms with Crippen molar-refractivity contribution in [2.45, 2.75) is 53.5 Å². The number of amides is 1. The highest BCUT2D eigenvalue weighted by Crippen LogP contribution is 2.39. The molecule has 140 valence electrons. The Kier molecular flexibility index (Phi) is 5.08. The molecule has 1 aromatic carbocycles. The number of rotatable bonds is 5. The summed E-state index contributed by atoms with van der Waals surface area (Å²) in [6.07, 6.45) is 4.39. The van der Waals surface area contributed by atoms with E-state index in [2.05, 4.69) is 31.8 Å². The number of carbonyl (C=O) groups excluding carboxylic acids is 1. The number of ether oxygens (including phenoxy) is 1. The summed E-state index contributed by atoms with van der Waals surface area (Å²) >= 11 is 0. The molecular weight excluding hydrogens is 328 g/mol. The number of benzene rings is 1. The van der Waals surface area contributed by atoms with Crippen molar-refractivity contribution in [1.29, 1.82) is 0 Å². The molecule has 1 aromatic heterocycles. The molecule has 1 aliphatic carbocycles. The highest BCUT2D eigenvalue weighted by Gasteiger charge is 2.32. The van der Waals surface area contributed by atoms with Gasteiger partial charge in [-0.2, -0.15) is 4.98 Å². The number of allylic oxidation sites excluding steroid dienone is 2. The lowest BCUT2D eigenvalue weighted by molar-refractivity contribution is -0.133. The molecule has 26 heavy (non-hydrogen) atoms. The number of hydrogen-bond donors (Lipinski definition) is 0. The molecule has 0 bridgehead atoms. The van der Waals surface area contributed by atoms with Gasteiger partial charge in [-0.25, -0.2) is 0 Å². The minimum Gasteiger partial charge on any atom is -0.440 e.